The first-order chi connectivity index (χ1) is 5.98. The van der Waals surface area contributed by atoms with Crippen LogP contribution in [0, 0.1) is 13.8 Å². The van der Waals surface area contributed by atoms with Gasteiger partial charge in [0.05, 0.1) is 0 Å². The quantitative estimate of drug-likeness (QED) is 0.461. The zero-order valence-electron chi connectivity index (χ0n) is 8.36. The van der Waals surface area contributed by atoms with E-state index in [0.29, 0.717) is 0 Å². The Morgan fingerprint density at radius 2 is 1.46 bits per heavy atom. The van der Waals surface area contributed by atoms with E-state index in [4.69, 9.17) is 0 Å². The molecule has 0 atom stereocenters. The maximum atomic E-state index is 2.77. The number of hydrogen-bond donors (Lipinski definition) is 0. The van der Waals surface area contributed by atoms with Crippen LogP contribution in [0.4, 0.5) is 0 Å². The summed E-state index contributed by atoms with van der Waals surface area (Å²) in [4.78, 5) is 2.54. The van der Waals surface area contributed by atoms with Gasteiger partial charge in [-0.05, 0) is 0 Å². The average Bonchev–Trinajstić information content (AvgIpc) is 2.24. The van der Waals surface area contributed by atoms with Crippen LogP contribution in [0.5, 0.6) is 0 Å². The van der Waals surface area contributed by atoms with E-state index < -0.39 is 14.2 Å². The standard InChI is InChI=1S/C11H15ITe/c1-8-4-10-6-13(3,12)7-11(10)5-9(8)2/h4-5H,6-7H2,1-3H3. The van der Waals surface area contributed by atoms with Crippen molar-refractivity contribution in [3.8, 4) is 0 Å². The molecule has 13 heavy (non-hydrogen) atoms. The summed E-state index contributed by atoms with van der Waals surface area (Å²) in [7, 11) is 0. The van der Waals surface area contributed by atoms with Crippen LogP contribution in [0.15, 0.2) is 12.1 Å². The van der Waals surface area contributed by atoms with Crippen molar-refractivity contribution in [2.24, 2.45) is 0 Å². The zero-order chi connectivity index (χ0) is 9.64. The number of hydrogen-bond acceptors (Lipinski definition) is 0. The molecule has 0 nitrogen and oxygen atoms in total. The van der Waals surface area contributed by atoms with Gasteiger partial charge in [0.25, 0.3) is 0 Å². The molecule has 0 amide bonds. The summed E-state index contributed by atoms with van der Waals surface area (Å²) in [5.41, 5.74) is 6.24. The molecule has 0 saturated carbocycles. The molecule has 0 unspecified atom stereocenters. The number of halogens is 1. The Labute approximate surface area is 94.2 Å². The Morgan fingerprint density at radius 3 is 1.85 bits per heavy atom. The van der Waals surface area contributed by atoms with Crippen molar-refractivity contribution in [3.05, 3.63) is 34.4 Å². The Morgan fingerprint density at radius 1 is 1.08 bits per heavy atom. The normalized spacial score (nSPS) is 21.2. The van der Waals surface area contributed by atoms with Crippen LogP contribution in [-0.4, -0.2) is 14.2 Å². The van der Waals surface area contributed by atoms with Crippen LogP contribution in [0.1, 0.15) is 22.3 Å². The van der Waals surface area contributed by atoms with E-state index in [1.54, 1.807) is 11.1 Å². The molecule has 1 aromatic carbocycles. The van der Waals surface area contributed by atoms with Gasteiger partial charge in [-0.15, -0.1) is 0 Å². The topological polar surface area (TPSA) is 0 Å². The van der Waals surface area contributed by atoms with Gasteiger partial charge in [-0.25, -0.2) is 0 Å². The molecule has 1 aliphatic rings. The van der Waals surface area contributed by atoms with Crippen molar-refractivity contribution in [2.75, 3.05) is 0 Å². The first kappa shape index (κ1) is 10.3. The average molecular weight is 402 g/mol. The molecule has 1 aliphatic heterocycles. The van der Waals surface area contributed by atoms with Crippen molar-refractivity contribution in [3.63, 3.8) is 0 Å². The minimum absolute atomic E-state index is 1.43. The third-order valence-electron chi connectivity index (χ3n) is 2.73. The van der Waals surface area contributed by atoms with Gasteiger partial charge in [-0.3, -0.25) is 0 Å². The van der Waals surface area contributed by atoms with Crippen LogP contribution in [0.25, 0.3) is 0 Å². The van der Waals surface area contributed by atoms with Gasteiger partial charge >= 0.3 is 95.1 Å². The molecule has 0 bridgehead atoms. The fraction of sp³-hybridized carbons (Fsp3) is 0.455. The van der Waals surface area contributed by atoms with E-state index in [-0.39, 0.29) is 0 Å². The summed E-state index contributed by atoms with van der Waals surface area (Å²) in [6.45, 7) is 4.46. The second-order valence-electron chi connectivity index (χ2n) is 4.15. The summed E-state index contributed by atoms with van der Waals surface area (Å²) in [6, 6.07) is 4.83. The van der Waals surface area contributed by atoms with Crippen LogP contribution in [0.2, 0.25) is 4.97 Å². The molecule has 0 saturated heterocycles. The summed E-state index contributed by atoms with van der Waals surface area (Å²) < 4.78 is 2.86. The SMILES string of the molecule is Cc1cc2c(cc1C)C[Te](C)(I)C2. The summed E-state index contributed by atoms with van der Waals surface area (Å²) >= 11 is 1.35. The molecule has 0 spiro atoms. The second kappa shape index (κ2) is 3.40. The van der Waals surface area contributed by atoms with Gasteiger partial charge in [0, 0.05) is 0 Å². The van der Waals surface area contributed by atoms with Gasteiger partial charge < -0.3 is 0 Å². The molecule has 1 aromatic rings. The molecular weight excluding hydrogens is 387 g/mol. The number of benzene rings is 1. The van der Waals surface area contributed by atoms with Crippen molar-refractivity contribution in [1.82, 2.24) is 0 Å². The Hall–Kier alpha value is 0.740. The van der Waals surface area contributed by atoms with E-state index in [9.17, 15) is 0 Å². The molecule has 1 heterocycles. The van der Waals surface area contributed by atoms with Gasteiger partial charge in [0.2, 0.25) is 0 Å². The first-order valence-corrected chi connectivity index (χ1v) is 16.9. The monoisotopic (exact) mass is 404 g/mol. The Bertz CT molecular complexity index is 322. The summed E-state index contributed by atoms with van der Waals surface area (Å²) in [5.74, 6) is 0. The number of fused-ring (bicyclic) bond motifs is 1. The third kappa shape index (κ3) is 2.06. The predicted molar refractivity (Wildman–Crippen MR) is 69.0 cm³/mol. The van der Waals surface area contributed by atoms with E-state index in [2.05, 4.69) is 49.6 Å². The van der Waals surface area contributed by atoms with Crippen LogP contribution in [0.3, 0.4) is 0 Å². The van der Waals surface area contributed by atoms with Crippen molar-refractivity contribution in [2.45, 2.75) is 27.8 Å². The molecule has 2 heteroatoms. The van der Waals surface area contributed by atoms with Crippen LogP contribution >= 0.6 is 18.7 Å². The van der Waals surface area contributed by atoms with E-state index in [0.717, 1.165) is 0 Å². The molecule has 2 rings (SSSR count). The number of rotatable bonds is 0. The molecule has 0 aliphatic carbocycles. The molecule has 0 N–H and O–H groups in total. The fourth-order valence-electron chi connectivity index (χ4n) is 1.90. The first-order valence-electron chi connectivity index (χ1n) is 4.50. The van der Waals surface area contributed by atoms with Gasteiger partial charge in [0.15, 0.2) is 0 Å². The van der Waals surface area contributed by atoms with Gasteiger partial charge in [-0.1, -0.05) is 0 Å². The molecule has 0 fully saturated rings. The maximum absolute atomic E-state index is 2.77. The van der Waals surface area contributed by atoms with Crippen molar-refractivity contribution >= 4 is 32.9 Å². The van der Waals surface area contributed by atoms with E-state index in [1.807, 2.05) is 0 Å². The Kier molecular flexibility index (Phi) is 2.68. The van der Waals surface area contributed by atoms with Crippen LogP contribution < -0.4 is 0 Å². The second-order valence-corrected chi connectivity index (χ2v) is 26.6. The third-order valence-corrected chi connectivity index (χ3v) is 12.1. The van der Waals surface area contributed by atoms with Gasteiger partial charge in [-0.2, -0.15) is 0 Å². The summed E-state index contributed by atoms with van der Waals surface area (Å²) in [6.07, 6.45) is 0. The van der Waals surface area contributed by atoms with Crippen LogP contribution in [-0.2, 0) is 8.94 Å². The minimum atomic E-state index is -1.43. The number of aryl methyl sites for hydroxylation is 2. The molecule has 72 valence electrons. The van der Waals surface area contributed by atoms with E-state index in [1.165, 1.54) is 20.1 Å². The predicted octanol–water partition coefficient (Wildman–Crippen LogP) is 3.49. The molecule has 0 radical (unpaired) electrons. The van der Waals surface area contributed by atoms with E-state index >= 15 is 0 Å². The van der Waals surface area contributed by atoms with Crippen molar-refractivity contribution < 1.29 is 0 Å². The van der Waals surface area contributed by atoms with Gasteiger partial charge in [0.1, 0.15) is 0 Å². The molecular formula is C11H15ITe. The Balaban J connectivity index is 2.48. The van der Waals surface area contributed by atoms with Crippen molar-refractivity contribution in [1.29, 1.82) is 0 Å². The zero-order valence-corrected chi connectivity index (χ0v) is 12.8. The molecule has 0 aromatic heterocycles. The summed E-state index contributed by atoms with van der Waals surface area (Å²) in [5, 5.41) is 0. The fourth-order valence-corrected chi connectivity index (χ4v) is 11.9.